The van der Waals surface area contributed by atoms with Gasteiger partial charge in [-0.05, 0) is 55.8 Å². The van der Waals surface area contributed by atoms with Gasteiger partial charge in [-0.1, -0.05) is 30.3 Å². The second-order valence-electron chi connectivity index (χ2n) is 7.25. The third-order valence-electron chi connectivity index (χ3n) is 4.92. The van der Waals surface area contributed by atoms with E-state index in [1.165, 1.54) is 18.2 Å². The maximum atomic E-state index is 13.9. The Labute approximate surface area is 189 Å². The number of aryl methyl sites for hydroxylation is 2. The van der Waals surface area contributed by atoms with Crippen LogP contribution in [-0.4, -0.2) is 16.8 Å². The van der Waals surface area contributed by atoms with Crippen LogP contribution in [0.25, 0.3) is 11.3 Å². The summed E-state index contributed by atoms with van der Waals surface area (Å²) in [6.07, 6.45) is 0. The molecule has 0 bridgehead atoms. The molecule has 0 unspecified atom stereocenters. The molecule has 0 aliphatic rings. The minimum atomic E-state index is -0.604. The highest BCUT2D eigenvalue weighted by Crippen LogP contribution is 2.24. The van der Waals surface area contributed by atoms with E-state index in [0.717, 1.165) is 21.8 Å². The number of amides is 2. The molecule has 32 heavy (non-hydrogen) atoms. The summed E-state index contributed by atoms with van der Waals surface area (Å²) in [5, 5.41) is 8.53. The summed E-state index contributed by atoms with van der Waals surface area (Å²) in [5.41, 5.74) is 4.04. The highest BCUT2D eigenvalue weighted by atomic mass is 32.1. The van der Waals surface area contributed by atoms with Crippen molar-refractivity contribution in [3.05, 3.63) is 99.6 Å². The first kappa shape index (κ1) is 21.4. The Morgan fingerprint density at radius 1 is 0.906 bits per heavy atom. The molecule has 0 aliphatic heterocycles. The lowest BCUT2D eigenvalue weighted by atomic mass is 10.1. The van der Waals surface area contributed by atoms with Crippen molar-refractivity contribution in [2.45, 2.75) is 13.8 Å². The molecule has 0 spiro atoms. The van der Waals surface area contributed by atoms with Crippen molar-refractivity contribution in [3.63, 3.8) is 0 Å². The third-order valence-corrected chi connectivity index (χ3v) is 5.70. The van der Waals surface area contributed by atoms with Crippen LogP contribution < -0.4 is 10.6 Å². The molecular weight excluding hydrogens is 425 g/mol. The second-order valence-corrected chi connectivity index (χ2v) is 8.31. The van der Waals surface area contributed by atoms with E-state index in [0.29, 0.717) is 16.9 Å². The number of anilines is 2. The fourth-order valence-electron chi connectivity index (χ4n) is 3.16. The Morgan fingerprint density at radius 3 is 2.34 bits per heavy atom. The molecular formula is C25H20FN3O2S. The molecule has 2 amide bonds. The molecule has 160 valence electrons. The van der Waals surface area contributed by atoms with Crippen LogP contribution in [0.3, 0.4) is 0 Å². The highest BCUT2D eigenvalue weighted by molar-refractivity contribution is 7.09. The minimum Gasteiger partial charge on any atom is -0.322 e. The number of nitrogens with one attached hydrogen (secondary N) is 2. The van der Waals surface area contributed by atoms with Crippen LogP contribution in [0, 0.1) is 19.7 Å². The van der Waals surface area contributed by atoms with Gasteiger partial charge in [0.1, 0.15) is 5.82 Å². The predicted octanol–water partition coefficient (Wildman–Crippen LogP) is 6.07. The van der Waals surface area contributed by atoms with E-state index in [1.54, 1.807) is 42.5 Å². The summed E-state index contributed by atoms with van der Waals surface area (Å²) < 4.78 is 13.9. The quantitative estimate of drug-likeness (QED) is 0.392. The molecule has 4 rings (SSSR count). The monoisotopic (exact) mass is 445 g/mol. The highest BCUT2D eigenvalue weighted by Gasteiger charge is 2.14. The number of rotatable bonds is 5. The fourth-order valence-corrected chi connectivity index (χ4v) is 3.78. The summed E-state index contributed by atoms with van der Waals surface area (Å²) in [4.78, 5) is 29.7. The number of benzene rings is 3. The van der Waals surface area contributed by atoms with Crippen molar-refractivity contribution in [3.8, 4) is 11.3 Å². The molecule has 4 aromatic rings. The van der Waals surface area contributed by atoms with Gasteiger partial charge in [0.15, 0.2) is 0 Å². The molecule has 0 radical (unpaired) electrons. The number of nitrogens with zero attached hydrogens (tertiary/aromatic N) is 1. The minimum absolute atomic E-state index is 0.0582. The molecule has 0 aliphatic carbocycles. The van der Waals surface area contributed by atoms with Crippen LogP contribution in [0.1, 0.15) is 31.3 Å². The van der Waals surface area contributed by atoms with Crippen LogP contribution in [0.2, 0.25) is 0 Å². The zero-order valence-corrected chi connectivity index (χ0v) is 18.3. The van der Waals surface area contributed by atoms with Crippen LogP contribution >= 0.6 is 11.3 Å². The van der Waals surface area contributed by atoms with E-state index in [4.69, 9.17) is 0 Å². The standard InChI is InChI=1S/C25H20FN3O2S/c1-15-7-8-18(13-22(15)29-25(31)20-5-3-4-6-21(20)26)24(30)28-19-11-9-17(10-12-19)23-14-32-16(2)27-23/h3-14H,1-2H3,(H,28,30)(H,29,31). The van der Waals surface area contributed by atoms with Gasteiger partial charge in [-0.3, -0.25) is 9.59 Å². The van der Waals surface area contributed by atoms with Crippen molar-refractivity contribution in [2.24, 2.45) is 0 Å². The number of carbonyl (C=O) groups excluding carboxylic acids is 2. The molecule has 7 heteroatoms. The average Bonchev–Trinajstić information content (AvgIpc) is 3.22. The number of hydrogen-bond acceptors (Lipinski definition) is 4. The second kappa shape index (κ2) is 9.11. The number of halogens is 1. The van der Waals surface area contributed by atoms with Crippen molar-refractivity contribution in [2.75, 3.05) is 10.6 Å². The van der Waals surface area contributed by atoms with Gasteiger partial charge in [0.2, 0.25) is 0 Å². The molecule has 5 nitrogen and oxygen atoms in total. The molecule has 0 atom stereocenters. The number of hydrogen-bond donors (Lipinski definition) is 2. The summed E-state index contributed by atoms with van der Waals surface area (Å²) in [7, 11) is 0. The molecule has 3 aromatic carbocycles. The Kier molecular flexibility index (Phi) is 6.09. The predicted molar refractivity (Wildman–Crippen MR) is 126 cm³/mol. The maximum absolute atomic E-state index is 13.9. The number of thiazole rings is 1. The summed E-state index contributed by atoms with van der Waals surface area (Å²) in [5.74, 6) is -1.49. The fraction of sp³-hybridized carbons (Fsp3) is 0.0800. The number of carbonyl (C=O) groups is 2. The molecule has 1 aromatic heterocycles. The van der Waals surface area contributed by atoms with Gasteiger partial charge in [0.05, 0.1) is 16.3 Å². The van der Waals surface area contributed by atoms with Gasteiger partial charge in [-0.2, -0.15) is 0 Å². The van der Waals surface area contributed by atoms with Gasteiger partial charge in [0, 0.05) is 27.9 Å². The van der Waals surface area contributed by atoms with Crippen LogP contribution in [-0.2, 0) is 0 Å². The SMILES string of the molecule is Cc1nc(-c2ccc(NC(=O)c3ccc(C)c(NC(=O)c4ccccc4F)c3)cc2)cs1. The summed E-state index contributed by atoms with van der Waals surface area (Å²) in [6.45, 7) is 3.76. The Hall–Kier alpha value is -3.84. The van der Waals surface area contributed by atoms with E-state index >= 15 is 0 Å². The van der Waals surface area contributed by atoms with Gasteiger partial charge in [-0.15, -0.1) is 11.3 Å². The average molecular weight is 446 g/mol. The van der Waals surface area contributed by atoms with Gasteiger partial charge < -0.3 is 10.6 Å². The Bertz CT molecular complexity index is 1300. The molecule has 0 saturated carbocycles. The zero-order valence-electron chi connectivity index (χ0n) is 17.5. The van der Waals surface area contributed by atoms with Crippen LogP contribution in [0.4, 0.5) is 15.8 Å². The van der Waals surface area contributed by atoms with E-state index in [1.807, 2.05) is 36.6 Å². The zero-order chi connectivity index (χ0) is 22.7. The molecule has 0 saturated heterocycles. The van der Waals surface area contributed by atoms with E-state index in [2.05, 4.69) is 15.6 Å². The van der Waals surface area contributed by atoms with Crippen molar-refractivity contribution in [1.82, 2.24) is 4.98 Å². The molecule has 2 N–H and O–H groups in total. The summed E-state index contributed by atoms with van der Waals surface area (Å²) >= 11 is 1.59. The first-order valence-corrected chi connectivity index (χ1v) is 10.8. The number of aromatic nitrogens is 1. The van der Waals surface area contributed by atoms with Crippen LogP contribution in [0.15, 0.2) is 72.1 Å². The summed E-state index contributed by atoms with van der Waals surface area (Å²) in [6, 6.07) is 18.2. The van der Waals surface area contributed by atoms with Crippen molar-refractivity contribution in [1.29, 1.82) is 0 Å². The van der Waals surface area contributed by atoms with E-state index < -0.39 is 11.7 Å². The van der Waals surface area contributed by atoms with Crippen molar-refractivity contribution < 1.29 is 14.0 Å². The Balaban J connectivity index is 1.48. The largest absolute Gasteiger partial charge is 0.322 e. The lowest BCUT2D eigenvalue weighted by Crippen LogP contribution is -2.16. The Morgan fingerprint density at radius 2 is 1.66 bits per heavy atom. The smallest absolute Gasteiger partial charge is 0.258 e. The third kappa shape index (κ3) is 4.73. The van der Waals surface area contributed by atoms with Gasteiger partial charge >= 0.3 is 0 Å². The van der Waals surface area contributed by atoms with Crippen LogP contribution in [0.5, 0.6) is 0 Å². The topological polar surface area (TPSA) is 71.1 Å². The normalized spacial score (nSPS) is 10.6. The molecule has 0 fully saturated rings. The van der Waals surface area contributed by atoms with Gasteiger partial charge in [0.25, 0.3) is 11.8 Å². The first-order chi connectivity index (χ1) is 15.4. The van der Waals surface area contributed by atoms with E-state index in [-0.39, 0.29) is 11.5 Å². The lowest BCUT2D eigenvalue weighted by Gasteiger charge is -2.12. The van der Waals surface area contributed by atoms with E-state index in [9.17, 15) is 14.0 Å². The lowest BCUT2D eigenvalue weighted by molar-refractivity contribution is 0.101. The van der Waals surface area contributed by atoms with Crippen molar-refractivity contribution >= 4 is 34.5 Å². The molecule has 1 heterocycles. The first-order valence-electron chi connectivity index (χ1n) is 9.91. The maximum Gasteiger partial charge on any atom is 0.258 e. The van der Waals surface area contributed by atoms with Gasteiger partial charge in [-0.25, -0.2) is 9.37 Å².